The summed E-state index contributed by atoms with van der Waals surface area (Å²) in [5.74, 6) is 1.03. The van der Waals surface area contributed by atoms with Crippen molar-refractivity contribution in [3.63, 3.8) is 0 Å². The van der Waals surface area contributed by atoms with Crippen LogP contribution in [0.1, 0.15) is 30.9 Å². The van der Waals surface area contributed by atoms with E-state index in [1.807, 2.05) is 6.92 Å². The number of benzene rings is 1. The maximum atomic E-state index is 11.7. The zero-order valence-corrected chi connectivity index (χ0v) is 13.1. The first-order valence-electron chi connectivity index (χ1n) is 8.16. The van der Waals surface area contributed by atoms with Crippen molar-refractivity contribution >= 4 is 6.09 Å². The number of rotatable bonds is 4. The van der Waals surface area contributed by atoms with E-state index in [-0.39, 0.29) is 6.09 Å². The Morgan fingerprint density at radius 2 is 2.41 bits per heavy atom. The molecule has 0 unspecified atom stereocenters. The molecule has 1 aromatic rings. The van der Waals surface area contributed by atoms with Crippen LogP contribution in [0.15, 0.2) is 18.2 Å². The highest BCUT2D eigenvalue weighted by molar-refractivity contribution is 5.68. The van der Waals surface area contributed by atoms with Gasteiger partial charge in [-0.1, -0.05) is 12.1 Å². The number of nitrogens with zero attached hydrogens (tertiary/aromatic N) is 1. The highest BCUT2D eigenvalue weighted by atomic mass is 16.6. The summed E-state index contributed by atoms with van der Waals surface area (Å²) in [6, 6.07) is 6.77. The first-order chi connectivity index (χ1) is 10.8. The number of ether oxygens (including phenoxy) is 2. The minimum atomic E-state index is -0.197. The molecule has 2 aliphatic rings. The zero-order chi connectivity index (χ0) is 15.4. The molecule has 5 heteroatoms. The smallest absolute Gasteiger partial charge is 0.409 e. The molecule has 1 fully saturated rings. The van der Waals surface area contributed by atoms with Crippen molar-refractivity contribution in [1.82, 2.24) is 10.2 Å². The molecular weight excluding hydrogens is 280 g/mol. The Balaban J connectivity index is 1.50. The minimum absolute atomic E-state index is 0.197. The average molecular weight is 304 g/mol. The second-order valence-electron chi connectivity index (χ2n) is 5.91. The molecule has 1 saturated heterocycles. The summed E-state index contributed by atoms with van der Waals surface area (Å²) >= 11 is 0. The van der Waals surface area contributed by atoms with Crippen LogP contribution < -0.4 is 10.1 Å². The number of aryl methyl sites for hydroxylation is 1. The van der Waals surface area contributed by atoms with Gasteiger partial charge in [0, 0.05) is 25.7 Å². The lowest BCUT2D eigenvalue weighted by Gasteiger charge is -2.19. The Labute approximate surface area is 131 Å². The van der Waals surface area contributed by atoms with Gasteiger partial charge in [0.2, 0.25) is 0 Å². The standard InChI is InChI=1S/C17H24N2O3/c1-2-21-17(20)19-8-7-15(12-19)18-11-13-5-6-16-14(10-13)4-3-9-22-16/h5-6,10,15,18H,2-4,7-9,11-12H2,1H3/t15-/m1/s1. The molecule has 0 radical (unpaired) electrons. The van der Waals surface area contributed by atoms with Gasteiger partial charge in [-0.2, -0.15) is 0 Å². The topological polar surface area (TPSA) is 50.8 Å². The molecular formula is C17H24N2O3. The van der Waals surface area contributed by atoms with Gasteiger partial charge in [0.1, 0.15) is 5.75 Å². The molecule has 0 aliphatic carbocycles. The summed E-state index contributed by atoms with van der Waals surface area (Å²) in [6.45, 7) is 5.43. The van der Waals surface area contributed by atoms with E-state index in [0.29, 0.717) is 12.6 Å². The normalized spacial score (nSPS) is 20.4. The lowest BCUT2D eigenvalue weighted by atomic mass is 10.0. The van der Waals surface area contributed by atoms with Gasteiger partial charge in [-0.25, -0.2) is 4.79 Å². The molecule has 0 bridgehead atoms. The van der Waals surface area contributed by atoms with Crippen LogP contribution in [-0.2, 0) is 17.7 Å². The fraction of sp³-hybridized carbons (Fsp3) is 0.588. The second-order valence-corrected chi connectivity index (χ2v) is 5.91. The number of hydrogen-bond donors (Lipinski definition) is 1. The van der Waals surface area contributed by atoms with E-state index in [4.69, 9.17) is 9.47 Å². The molecule has 0 aromatic heterocycles. The van der Waals surface area contributed by atoms with Crippen molar-refractivity contribution in [2.75, 3.05) is 26.3 Å². The number of likely N-dealkylation sites (tertiary alicyclic amines) is 1. The molecule has 120 valence electrons. The summed E-state index contributed by atoms with van der Waals surface area (Å²) in [6.07, 6.45) is 2.98. The third-order valence-electron chi connectivity index (χ3n) is 4.28. The van der Waals surface area contributed by atoms with Crippen LogP contribution in [-0.4, -0.2) is 43.3 Å². The lowest BCUT2D eigenvalue weighted by Crippen LogP contribution is -2.35. The van der Waals surface area contributed by atoms with Crippen LogP contribution in [0.25, 0.3) is 0 Å². The fourth-order valence-electron chi connectivity index (χ4n) is 3.09. The van der Waals surface area contributed by atoms with E-state index >= 15 is 0 Å². The van der Waals surface area contributed by atoms with Crippen molar-refractivity contribution in [3.8, 4) is 5.75 Å². The molecule has 1 amide bonds. The van der Waals surface area contributed by atoms with Crippen molar-refractivity contribution in [3.05, 3.63) is 29.3 Å². The number of fused-ring (bicyclic) bond motifs is 1. The quantitative estimate of drug-likeness (QED) is 0.927. The van der Waals surface area contributed by atoms with Gasteiger partial charge >= 0.3 is 6.09 Å². The Kier molecular flexibility index (Phi) is 4.83. The lowest BCUT2D eigenvalue weighted by molar-refractivity contribution is 0.115. The van der Waals surface area contributed by atoms with E-state index in [0.717, 1.165) is 51.3 Å². The van der Waals surface area contributed by atoms with Crippen molar-refractivity contribution in [2.45, 2.75) is 38.8 Å². The van der Waals surface area contributed by atoms with Crippen LogP contribution in [0.2, 0.25) is 0 Å². The molecule has 5 nitrogen and oxygen atoms in total. The second kappa shape index (κ2) is 7.01. The maximum absolute atomic E-state index is 11.7. The molecule has 3 rings (SSSR count). The first kappa shape index (κ1) is 15.2. The van der Waals surface area contributed by atoms with Gasteiger partial charge in [0.15, 0.2) is 0 Å². The van der Waals surface area contributed by atoms with E-state index in [2.05, 4.69) is 23.5 Å². The first-order valence-corrected chi connectivity index (χ1v) is 8.16. The highest BCUT2D eigenvalue weighted by Crippen LogP contribution is 2.25. The summed E-state index contributed by atoms with van der Waals surface area (Å²) in [5, 5.41) is 3.54. The predicted molar refractivity (Wildman–Crippen MR) is 84.1 cm³/mol. The largest absolute Gasteiger partial charge is 0.493 e. The fourth-order valence-corrected chi connectivity index (χ4v) is 3.09. The van der Waals surface area contributed by atoms with Gasteiger partial charge in [0.05, 0.1) is 13.2 Å². The number of hydrogen-bond acceptors (Lipinski definition) is 4. The summed E-state index contributed by atoms with van der Waals surface area (Å²) in [7, 11) is 0. The van der Waals surface area contributed by atoms with Crippen LogP contribution in [0.4, 0.5) is 4.79 Å². The van der Waals surface area contributed by atoms with Crippen molar-refractivity contribution < 1.29 is 14.3 Å². The molecule has 1 aromatic carbocycles. The number of amides is 1. The van der Waals surface area contributed by atoms with E-state index in [1.54, 1.807) is 4.90 Å². The molecule has 1 atom stereocenters. The van der Waals surface area contributed by atoms with Gasteiger partial charge in [0.25, 0.3) is 0 Å². The van der Waals surface area contributed by atoms with E-state index < -0.39 is 0 Å². The Morgan fingerprint density at radius 3 is 3.27 bits per heavy atom. The third kappa shape index (κ3) is 3.53. The van der Waals surface area contributed by atoms with Gasteiger partial charge in [-0.05, 0) is 43.4 Å². The Morgan fingerprint density at radius 1 is 1.50 bits per heavy atom. The Bertz CT molecular complexity index is 533. The number of carbonyl (C=O) groups excluding carboxylic acids is 1. The zero-order valence-electron chi connectivity index (χ0n) is 13.1. The van der Waals surface area contributed by atoms with Gasteiger partial charge in [-0.15, -0.1) is 0 Å². The summed E-state index contributed by atoms with van der Waals surface area (Å²) < 4.78 is 10.7. The van der Waals surface area contributed by atoms with Gasteiger partial charge < -0.3 is 19.7 Å². The number of carbonyl (C=O) groups is 1. The molecule has 2 heterocycles. The molecule has 0 spiro atoms. The van der Waals surface area contributed by atoms with Crippen molar-refractivity contribution in [1.29, 1.82) is 0 Å². The minimum Gasteiger partial charge on any atom is -0.493 e. The number of nitrogens with one attached hydrogen (secondary N) is 1. The molecule has 2 aliphatic heterocycles. The molecule has 22 heavy (non-hydrogen) atoms. The van der Waals surface area contributed by atoms with E-state index in [9.17, 15) is 4.79 Å². The van der Waals surface area contributed by atoms with Crippen molar-refractivity contribution in [2.24, 2.45) is 0 Å². The molecule has 1 N–H and O–H groups in total. The van der Waals surface area contributed by atoms with Crippen LogP contribution in [0, 0.1) is 0 Å². The van der Waals surface area contributed by atoms with E-state index in [1.165, 1.54) is 11.1 Å². The van der Waals surface area contributed by atoms with Crippen LogP contribution in [0.3, 0.4) is 0 Å². The average Bonchev–Trinajstić information content (AvgIpc) is 3.02. The maximum Gasteiger partial charge on any atom is 0.409 e. The van der Waals surface area contributed by atoms with Gasteiger partial charge in [-0.3, -0.25) is 0 Å². The Hall–Kier alpha value is -1.75. The molecule has 0 saturated carbocycles. The monoisotopic (exact) mass is 304 g/mol. The predicted octanol–water partition coefficient (Wildman–Crippen LogP) is 2.33. The van der Waals surface area contributed by atoms with Crippen LogP contribution in [0.5, 0.6) is 5.75 Å². The summed E-state index contributed by atoms with van der Waals surface area (Å²) in [4.78, 5) is 13.5. The third-order valence-corrected chi connectivity index (χ3v) is 4.28. The SMILES string of the molecule is CCOC(=O)N1CC[C@@H](NCc2ccc3c(c2)CCCO3)C1. The van der Waals surface area contributed by atoms with Crippen LogP contribution >= 0.6 is 0 Å². The summed E-state index contributed by atoms with van der Waals surface area (Å²) in [5.41, 5.74) is 2.59. The highest BCUT2D eigenvalue weighted by Gasteiger charge is 2.26.